The van der Waals surface area contributed by atoms with Crippen LogP contribution in [0, 0.1) is 0 Å². The average Bonchev–Trinajstić information content (AvgIpc) is 2.82. The summed E-state index contributed by atoms with van der Waals surface area (Å²) in [6.45, 7) is 3.29. The van der Waals surface area contributed by atoms with Crippen LogP contribution in [0.2, 0.25) is 0 Å². The number of hydrogen-bond donors (Lipinski definition) is 3. The highest BCUT2D eigenvalue weighted by Crippen LogP contribution is 2.17. The van der Waals surface area contributed by atoms with E-state index in [-0.39, 0.29) is 11.7 Å². The van der Waals surface area contributed by atoms with Crippen LogP contribution >= 0.6 is 0 Å². The van der Waals surface area contributed by atoms with E-state index in [0.29, 0.717) is 31.7 Å². The topological polar surface area (TPSA) is 110 Å². The van der Waals surface area contributed by atoms with Crippen LogP contribution < -0.4 is 15.1 Å². The second-order valence-corrected chi connectivity index (χ2v) is 9.35. The zero-order valence-corrected chi connectivity index (χ0v) is 18.7. The molecule has 0 radical (unpaired) electrons. The SMILES string of the molecule is COCOc1cccc(C[NH+]2CCN(S(=O)(=O)c3ccc(/C=C/C(=O)NO)cc3)CC2)c1. The number of hydroxylamine groups is 1. The summed E-state index contributed by atoms with van der Waals surface area (Å²) in [6, 6.07) is 14.1. The molecule has 0 spiro atoms. The van der Waals surface area contributed by atoms with E-state index in [2.05, 4.69) is 0 Å². The highest BCUT2D eigenvalue weighted by Gasteiger charge is 2.30. The van der Waals surface area contributed by atoms with Crippen molar-refractivity contribution < 1.29 is 32.8 Å². The summed E-state index contributed by atoms with van der Waals surface area (Å²) in [4.78, 5) is 12.6. The number of hydrogen-bond acceptors (Lipinski definition) is 6. The monoisotopic (exact) mass is 462 g/mol. The molecule has 1 aliphatic rings. The summed E-state index contributed by atoms with van der Waals surface area (Å²) in [5.41, 5.74) is 3.28. The Labute approximate surface area is 187 Å². The number of nitrogens with one attached hydrogen (secondary N) is 2. The van der Waals surface area contributed by atoms with Crippen molar-refractivity contribution in [1.82, 2.24) is 9.79 Å². The van der Waals surface area contributed by atoms with E-state index in [1.54, 1.807) is 19.2 Å². The minimum absolute atomic E-state index is 0.197. The molecule has 172 valence electrons. The third-order valence-corrected chi connectivity index (χ3v) is 7.09. The Bertz CT molecular complexity index is 1030. The molecule has 0 aromatic heterocycles. The number of ether oxygens (including phenoxy) is 2. The van der Waals surface area contributed by atoms with E-state index in [4.69, 9.17) is 14.7 Å². The molecule has 3 N–H and O–H groups in total. The zero-order valence-electron chi connectivity index (χ0n) is 17.9. The molecule has 2 aromatic carbocycles. The van der Waals surface area contributed by atoms with Gasteiger partial charge in [0.25, 0.3) is 5.91 Å². The molecule has 1 heterocycles. The van der Waals surface area contributed by atoms with Gasteiger partial charge in [0.05, 0.1) is 31.1 Å². The van der Waals surface area contributed by atoms with Crippen LogP contribution in [-0.2, 0) is 26.1 Å². The van der Waals surface area contributed by atoms with Gasteiger partial charge >= 0.3 is 0 Å². The van der Waals surface area contributed by atoms with Crippen LogP contribution in [0.4, 0.5) is 0 Å². The predicted octanol–water partition coefficient (Wildman–Crippen LogP) is 0.277. The molecule has 0 bridgehead atoms. The number of benzene rings is 2. The quantitative estimate of drug-likeness (QED) is 0.214. The van der Waals surface area contributed by atoms with Crippen molar-refractivity contribution in [2.45, 2.75) is 11.4 Å². The van der Waals surface area contributed by atoms with Crippen LogP contribution in [0.3, 0.4) is 0 Å². The molecule has 1 aliphatic heterocycles. The van der Waals surface area contributed by atoms with Crippen molar-refractivity contribution in [3.63, 3.8) is 0 Å². The number of carbonyl (C=O) groups excluding carboxylic acids is 1. The molecule has 2 aromatic rings. The lowest BCUT2D eigenvalue weighted by Gasteiger charge is -2.31. The van der Waals surface area contributed by atoms with Crippen molar-refractivity contribution in [2.24, 2.45) is 0 Å². The Kier molecular flexibility index (Phi) is 8.37. The number of methoxy groups -OCH3 is 1. The van der Waals surface area contributed by atoms with Gasteiger partial charge in [0.2, 0.25) is 10.0 Å². The minimum atomic E-state index is -3.59. The van der Waals surface area contributed by atoms with Crippen molar-refractivity contribution in [3.8, 4) is 5.75 Å². The second kappa shape index (κ2) is 11.2. The number of nitrogens with zero attached hydrogens (tertiary/aromatic N) is 1. The van der Waals surface area contributed by atoms with E-state index in [0.717, 1.165) is 23.9 Å². The van der Waals surface area contributed by atoms with Crippen LogP contribution in [0.25, 0.3) is 6.08 Å². The van der Waals surface area contributed by atoms with Gasteiger partial charge in [-0.25, -0.2) is 13.9 Å². The fourth-order valence-electron chi connectivity index (χ4n) is 3.49. The molecule has 0 aliphatic carbocycles. The van der Waals surface area contributed by atoms with Gasteiger partial charge in [-0.1, -0.05) is 24.3 Å². The molecule has 0 atom stereocenters. The van der Waals surface area contributed by atoms with Crippen LogP contribution in [0.5, 0.6) is 5.75 Å². The fourth-order valence-corrected chi connectivity index (χ4v) is 4.93. The average molecular weight is 463 g/mol. The Morgan fingerprint density at radius 1 is 1.19 bits per heavy atom. The first kappa shape index (κ1) is 23.9. The van der Waals surface area contributed by atoms with E-state index in [1.165, 1.54) is 32.9 Å². The normalized spacial score (nSPS) is 15.7. The Hall–Kier alpha value is -2.76. The maximum Gasteiger partial charge on any atom is 0.267 e. The first-order valence-corrected chi connectivity index (χ1v) is 11.6. The summed E-state index contributed by atoms with van der Waals surface area (Å²) in [5.74, 6) is 0.0940. The van der Waals surface area contributed by atoms with Crippen LogP contribution in [-0.4, -0.2) is 63.9 Å². The highest BCUT2D eigenvalue weighted by atomic mass is 32.2. The Morgan fingerprint density at radius 2 is 1.91 bits per heavy atom. The van der Waals surface area contributed by atoms with Crippen molar-refractivity contribution in [2.75, 3.05) is 40.1 Å². The standard InChI is InChI=1S/C22H27N3O6S/c1-30-17-31-20-4-2-3-19(15-20)16-24-11-13-25(14-12-24)32(28,29)21-8-5-18(6-9-21)7-10-22(26)23-27/h2-10,15,27H,11-14,16-17H2,1H3,(H,23,26)/p+1/b10-7+. The number of quaternary nitrogens is 1. The summed E-state index contributed by atoms with van der Waals surface area (Å²) < 4.78 is 37.9. The zero-order chi connectivity index (χ0) is 23.0. The molecule has 1 amide bonds. The van der Waals surface area contributed by atoms with Crippen molar-refractivity contribution in [3.05, 3.63) is 65.7 Å². The van der Waals surface area contributed by atoms with E-state index < -0.39 is 15.9 Å². The molecular weight excluding hydrogens is 434 g/mol. The van der Waals surface area contributed by atoms with Gasteiger partial charge in [0.15, 0.2) is 6.79 Å². The van der Waals surface area contributed by atoms with Gasteiger partial charge < -0.3 is 14.4 Å². The Morgan fingerprint density at radius 3 is 2.56 bits per heavy atom. The number of piperazine rings is 1. The van der Waals surface area contributed by atoms with Gasteiger partial charge in [-0.15, -0.1) is 0 Å². The van der Waals surface area contributed by atoms with E-state index >= 15 is 0 Å². The number of sulfonamides is 1. The third-order valence-electron chi connectivity index (χ3n) is 5.18. The molecule has 1 saturated heterocycles. The fraction of sp³-hybridized carbons (Fsp3) is 0.318. The van der Waals surface area contributed by atoms with E-state index in [1.807, 2.05) is 24.3 Å². The van der Waals surface area contributed by atoms with Crippen molar-refractivity contribution in [1.29, 1.82) is 0 Å². The molecule has 10 heteroatoms. The maximum atomic E-state index is 13.0. The lowest BCUT2D eigenvalue weighted by atomic mass is 10.2. The van der Waals surface area contributed by atoms with Gasteiger partial charge in [0, 0.05) is 18.7 Å². The number of amides is 1. The summed E-state index contributed by atoms with van der Waals surface area (Å²) in [5, 5.41) is 8.50. The minimum Gasteiger partial charge on any atom is -0.468 e. The maximum absolute atomic E-state index is 13.0. The first-order chi connectivity index (χ1) is 15.4. The van der Waals surface area contributed by atoms with Gasteiger partial charge in [0.1, 0.15) is 12.3 Å². The van der Waals surface area contributed by atoms with Gasteiger partial charge in [-0.2, -0.15) is 4.31 Å². The second-order valence-electron chi connectivity index (χ2n) is 7.41. The highest BCUT2D eigenvalue weighted by molar-refractivity contribution is 7.89. The molecule has 0 saturated carbocycles. The molecular formula is C22H28N3O6S+. The lowest BCUT2D eigenvalue weighted by molar-refractivity contribution is -0.917. The first-order valence-electron chi connectivity index (χ1n) is 10.2. The number of carbonyl (C=O) groups is 1. The lowest BCUT2D eigenvalue weighted by Crippen LogP contribution is -3.13. The summed E-state index contributed by atoms with van der Waals surface area (Å²) in [6.07, 6.45) is 2.64. The molecule has 0 unspecified atom stereocenters. The third kappa shape index (κ3) is 6.38. The van der Waals surface area contributed by atoms with Gasteiger partial charge in [-0.05, 0) is 35.9 Å². The van der Waals surface area contributed by atoms with Crippen LogP contribution in [0.15, 0.2) is 59.5 Å². The van der Waals surface area contributed by atoms with Crippen LogP contribution in [0.1, 0.15) is 11.1 Å². The van der Waals surface area contributed by atoms with Gasteiger partial charge in [-0.3, -0.25) is 10.0 Å². The Balaban J connectivity index is 1.57. The largest absolute Gasteiger partial charge is 0.468 e. The summed E-state index contributed by atoms with van der Waals surface area (Å²) in [7, 11) is -2.01. The van der Waals surface area contributed by atoms with E-state index in [9.17, 15) is 13.2 Å². The summed E-state index contributed by atoms with van der Waals surface area (Å²) >= 11 is 0. The smallest absolute Gasteiger partial charge is 0.267 e. The number of rotatable bonds is 9. The molecule has 32 heavy (non-hydrogen) atoms. The van der Waals surface area contributed by atoms with Crippen molar-refractivity contribution >= 4 is 22.0 Å². The predicted molar refractivity (Wildman–Crippen MR) is 118 cm³/mol. The molecule has 3 rings (SSSR count). The molecule has 1 fully saturated rings. The molecule has 9 nitrogen and oxygen atoms in total.